The van der Waals surface area contributed by atoms with Crippen LogP contribution in [0.5, 0.6) is 0 Å². The van der Waals surface area contributed by atoms with Crippen LogP contribution >= 0.6 is 0 Å². The van der Waals surface area contributed by atoms with Gasteiger partial charge in [-0.15, -0.1) is 10.2 Å². The fourth-order valence-electron chi connectivity index (χ4n) is 3.71. The van der Waals surface area contributed by atoms with Gasteiger partial charge in [-0.1, -0.05) is 6.42 Å². The van der Waals surface area contributed by atoms with Gasteiger partial charge in [0.25, 0.3) is 0 Å². The summed E-state index contributed by atoms with van der Waals surface area (Å²) in [5, 5.41) is 8.89. The minimum Gasteiger partial charge on any atom is -0.379 e. The van der Waals surface area contributed by atoms with Gasteiger partial charge < -0.3 is 18.9 Å². The van der Waals surface area contributed by atoms with Crippen LogP contribution in [0.25, 0.3) is 0 Å². The Labute approximate surface area is 131 Å². The molecule has 3 aliphatic rings. The van der Waals surface area contributed by atoms with E-state index in [-0.39, 0.29) is 0 Å². The summed E-state index contributed by atoms with van der Waals surface area (Å²) in [5.41, 5.74) is 0. The number of rotatable bonds is 4. The second kappa shape index (κ2) is 6.16. The topological polar surface area (TPSA) is 52.4 Å². The third kappa shape index (κ3) is 2.74. The molecule has 0 spiro atoms. The molecule has 0 aromatic carbocycles. The molecule has 0 radical (unpaired) electrons. The van der Waals surface area contributed by atoms with E-state index < -0.39 is 0 Å². The average molecular weight is 306 g/mol. The summed E-state index contributed by atoms with van der Waals surface area (Å²) in [6.07, 6.45) is 7.76. The molecule has 0 N–H and O–H groups in total. The van der Waals surface area contributed by atoms with Crippen LogP contribution in [0.4, 0.5) is 5.95 Å². The molecule has 22 heavy (non-hydrogen) atoms. The molecule has 1 aromatic rings. The molecule has 3 heterocycles. The number of ether oxygens (including phenoxy) is 2. The molecule has 1 aliphatic carbocycles. The number of aromatic nitrogens is 3. The number of hydrogen-bond acceptors (Lipinski definition) is 5. The van der Waals surface area contributed by atoms with Gasteiger partial charge in [-0.3, -0.25) is 0 Å². The Hall–Kier alpha value is -1.14. The minimum absolute atomic E-state index is 0.316. The van der Waals surface area contributed by atoms with E-state index in [4.69, 9.17) is 9.47 Å². The largest absolute Gasteiger partial charge is 0.379 e. The molecule has 6 nitrogen and oxygen atoms in total. The van der Waals surface area contributed by atoms with E-state index in [0.717, 1.165) is 51.5 Å². The minimum atomic E-state index is 0.316. The fourth-order valence-corrected chi connectivity index (χ4v) is 3.71. The smallest absolute Gasteiger partial charge is 0.226 e. The van der Waals surface area contributed by atoms with Gasteiger partial charge in [0.1, 0.15) is 5.82 Å². The number of anilines is 1. The summed E-state index contributed by atoms with van der Waals surface area (Å²) in [4.78, 5) is 2.36. The predicted octanol–water partition coefficient (Wildman–Crippen LogP) is 1.86. The van der Waals surface area contributed by atoms with Gasteiger partial charge in [0.05, 0.1) is 18.8 Å². The Balaban J connectivity index is 1.34. The second-order valence-corrected chi connectivity index (χ2v) is 6.85. The van der Waals surface area contributed by atoms with Crippen molar-refractivity contribution in [1.29, 1.82) is 0 Å². The van der Waals surface area contributed by atoms with Crippen molar-refractivity contribution in [1.82, 2.24) is 14.8 Å². The van der Waals surface area contributed by atoms with Crippen LogP contribution in [-0.2, 0) is 16.5 Å². The van der Waals surface area contributed by atoms with E-state index in [2.05, 4.69) is 26.7 Å². The highest BCUT2D eigenvalue weighted by Crippen LogP contribution is 2.36. The van der Waals surface area contributed by atoms with Crippen LogP contribution in [-0.4, -0.2) is 53.3 Å². The van der Waals surface area contributed by atoms with E-state index in [1.807, 2.05) is 0 Å². The molecule has 0 bridgehead atoms. The second-order valence-electron chi connectivity index (χ2n) is 6.85. The molecule has 122 valence electrons. The Morgan fingerprint density at radius 3 is 2.50 bits per heavy atom. The zero-order chi connectivity index (χ0) is 14.9. The SMILES string of the molecule is Cn1c(C2CCC2)nnc1N1CCC(OC2CCOC2)CC1. The highest BCUT2D eigenvalue weighted by Gasteiger charge is 2.29. The first-order valence-electron chi connectivity index (χ1n) is 8.68. The van der Waals surface area contributed by atoms with Crippen molar-refractivity contribution >= 4 is 5.95 Å². The molecule has 0 amide bonds. The zero-order valence-electron chi connectivity index (χ0n) is 13.4. The molecule has 3 fully saturated rings. The third-order valence-electron chi connectivity index (χ3n) is 5.35. The molecule has 4 rings (SSSR count). The lowest BCUT2D eigenvalue weighted by Gasteiger charge is -2.33. The Kier molecular flexibility index (Phi) is 4.05. The lowest BCUT2D eigenvalue weighted by molar-refractivity contribution is -0.0262. The maximum atomic E-state index is 6.14. The predicted molar refractivity (Wildman–Crippen MR) is 83.1 cm³/mol. The fraction of sp³-hybridized carbons (Fsp3) is 0.875. The summed E-state index contributed by atoms with van der Waals surface area (Å²) < 4.78 is 13.7. The first-order valence-corrected chi connectivity index (χ1v) is 8.68. The van der Waals surface area contributed by atoms with Gasteiger partial charge in [-0.2, -0.15) is 0 Å². The summed E-state index contributed by atoms with van der Waals surface area (Å²) in [6.45, 7) is 3.64. The normalized spacial score (nSPS) is 27.3. The quantitative estimate of drug-likeness (QED) is 0.850. The molecule has 2 aliphatic heterocycles. The molecular weight excluding hydrogens is 280 g/mol. The van der Waals surface area contributed by atoms with Gasteiger partial charge in [0, 0.05) is 32.7 Å². The molecule has 1 aromatic heterocycles. The van der Waals surface area contributed by atoms with Gasteiger partial charge in [-0.05, 0) is 32.1 Å². The summed E-state index contributed by atoms with van der Waals surface area (Å²) in [6, 6.07) is 0. The maximum Gasteiger partial charge on any atom is 0.226 e. The highest BCUT2D eigenvalue weighted by molar-refractivity contribution is 5.32. The van der Waals surface area contributed by atoms with Gasteiger partial charge >= 0.3 is 0 Å². The van der Waals surface area contributed by atoms with Crippen LogP contribution < -0.4 is 4.90 Å². The zero-order valence-corrected chi connectivity index (χ0v) is 13.4. The lowest BCUT2D eigenvalue weighted by Crippen LogP contribution is -2.39. The van der Waals surface area contributed by atoms with Crippen molar-refractivity contribution in [2.24, 2.45) is 7.05 Å². The molecule has 1 unspecified atom stereocenters. The summed E-state index contributed by atoms with van der Waals surface area (Å²) >= 11 is 0. The van der Waals surface area contributed by atoms with E-state index in [1.54, 1.807) is 0 Å². The Bertz CT molecular complexity index is 500. The highest BCUT2D eigenvalue weighted by atomic mass is 16.5. The Morgan fingerprint density at radius 1 is 1.05 bits per heavy atom. The van der Waals surface area contributed by atoms with Crippen LogP contribution in [0, 0.1) is 0 Å². The molecule has 6 heteroatoms. The van der Waals surface area contributed by atoms with E-state index >= 15 is 0 Å². The van der Waals surface area contributed by atoms with Crippen molar-refractivity contribution in [3.63, 3.8) is 0 Å². The number of nitrogens with zero attached hydrogens (tertiary/aromatic N) is 4. The summed E-state index contributed by atoms with van der Waals surface area (Å²) in [5.74, 6) is 2.83. The maximum absolute atomic E-state index is 6.14. The number of hydrogen-bond donors (Lipinski definition) is 0. The van der Waals surface area contributed by atoms with Gasteiger partial charge in [0.15, 0.2) is 0 Å². The van der Waals surface area contributed by atoms with Gasteiger partial charge in [-0.25, -0.2) is 0 Å². The summed E-state index contributed by atoms with van der Waals surface area (Å²) in [7, 11) is 2.11. The monoisotopic (exact) mass is 306 g/mol. The van der Waals surface area contributed by atoms with Crippen molar-refractivity contribution < 1.29 is 9.47 Å². The van der Waals surface area contributed by atoms with E-state index in [9.17, 15) is 0 Å². The third-order valence-corrected chi connectivity index (χ3v) is 5.35. The van der Waals surface area contributed by atoms with Crippen molar-refractivity contribution in [3.05, 3.63) is 5.82 Å². The van der Waals surface area contributed by atoms with Crippen LogP contribution in [0.2, 0.25) is 0 Å². The molecule has 1 saturated carbocycles. The molecule has 1 atom stereocenters. The average Bonchev–Trinajstić information content (AvgIpc) is 3.10. The number of piperidine rings is 1. The van der Waals surface area contributed by atoms with E-state index in [0.29, 0.717) is 18.1 Å². The van der Waals surface area contributed by atoms with Gasteiger partial charge in [0.2, 0.25) is 5.95 Å². The molecule has 2 saturated heterocycles. The van der Waals surface area contributed by atoms with Crippen LogP contribution in [0.15, 0.2) is 0 Å². The Morgan fingerprint density at radius 2 is 1.86 bits per heavy atom. The molecular formula is C16H26N4O2. The van der Waals surface area contributed by atoms with Crippen LogP contribution in [0.3, 0.4) is 0 Å². The van der Waals surface area contributed by atoms with Crippen LogP contribution in [0.1, 0.15) is 50.3 Å². The first kappa shape index (κ1) is 14.5. The standard InChI is InChI=1S/C16H26N4O2/c1-19-15(12-3-2-4-12)17-18-16(19)20-8-5-13(6-9-20)22-14-7-10-21-11-14/h12-14H,2-11H2,1H3. The van der Waals surface area contributed by atoms with Crippen molar-refractivity contribution in [3.8, 4) is 0 Å². The lowest BCUT2D eigenvalue weighted by atomic mass is 9.85. The van der Waals surface area contributed by atoms with E-state index in [1.165, 1.54) is 25.1 Å². The van der Waals surface area contributed by atoms with Crippen molar-refractivity contribution in [2.75, 3.05) is 31.2 Å². The first-order chi connectivity index (χ1) is 10.8. The van der Waals surface area contributed by atoms with Crippen molar-refractivity contribution in [2.45, 2.75) is 56.7 Å².